The van der Waals surface area contributed by atoms with Crippen molar-refractivity contribution in [1.82, 2.24) is 0 Å². The zero-order valence-electron chi connectivity index (χ0n) is 5.77. The molecule has 0 rings (SSSR count). The molecule has 0 aliphatic rings. The molecule has 0 aromatic carbocycles. The van der Waals surface area contributed by atoms with Crippen LogP contribution in [0.3, 0.4) is 0 Å². The van der Waals surface area contributed by atoms with Gasteiger partial charge in [-0.15, -0.1) is 11.6 Å². The van der Waals surface area contributed by atoms with E-state index in [2.05, 4.69) is 6.26 Å². The molecule has 0 saturated heterocycles. The predicted molar refractivity (Wildman–Crippen MR) is 45.4 cm³/mol. The van der Waals surface area contributed by atoms with Gasteiger partial charge in [0.1, 0.15) is 11.5 Å². The van der Waals surface area contributed by atoms with E-state index in [0.717, 1.165) is 18.1 Å². The van der Waals surface area contributed by atoms with Crippen LogP contribution in [0, 0.1) is 0 Å². The van der Waals surface area contributed by atoms with Gasteiger partial charge < -0.3 is 5.11 Å². The third-order valence-electron chi connectivity index (χ3n) is 1.07. The second kappa shape index (κ2) is 6.72. The summed E-state index contributed by atoms with van der Waals surface area (Å²) < 4.78 is 0. The van der Waals surface area contributed by atoms with E-state index in [1.807, 2.05) is 0 Å². The lowest BCUT2D eigenvalue weighted by molar-refractivity contribution is 0.322. The van der Waals surface area contributed by atoms with E-state index in [1.54, 1.807) is 0 Å². The zero-order chi connectivity index (χ0) is 7.11. The van der Waals surface area contributed by atoms with Gasteiger partial charge in [0, 0.05) is 12.3 Å². The SMILES string of the molecule is C[S+](CCO)CCCCl. The number of hydrogen-bond acceptors (Lipinski definition) is 1. The highest BCUT2D eigenvalue weighted by atomic mass is 35.5. The van der Waals surface area contributed by atoms with Crippen molar-refractivity contribution in [2.45, 2.75) is 6.42 Å². The van der Waals surface area contributed by atoms with Gasteiger partial charge in [0.25, 0.3) is 0 Å². The van der Waals surface area contributed by atoms with Gasteiger partial charge in [-0.1, -0.05) is 0 Å². The number of halogens is 1. The standard InChI is InChI=1S/C6H14ClOS/c1-9(6-4-8)5-2-3-7/h8H,2-6H2,1H3/q+1. The van der Waals surface area contributed by atoms with Gasteiger partial charge in [-0.25, -0.2) is 0 Å². The molecule has 0 saturated carbocycles. The molecule has 1 atom stereocenters. The number of hydrogen-bond donors (Lipinski definition) is 1. The van der Waals surface area contributed by atoms with Crippen molar-refractivity contribution in [2.24, 2.45) is 0 Å². The summed E-state index contributed by atoms with van der Waals surface area (Å²) in [5.41, 5.74) is 0. The molecule has 1 unspecified atom stereocenters. The van der Waals surface area contributed by atoms with E-state index < -0.39 is 0 Å². The number of aliphatic hydroxyl groups is 1. The molecule has 56 valence electrons. The van der Waals surface area contributed by atoms with Gasteiger partial charge in [0.05, 0.1) is 12.9 Å². The molecule has 0 radical (unpaired) electrons. The molecule has 0 bridgehead atoms. The van der Waals surface area contributed by atoms with Gasteiger partial charge in [0.2, 0.25) is 0 Å². The average molecular weight is 170 g/mol. The largest absolute Gasteiger partial charge is 0.391 e. The highest BCUT2D eigenvalue weighted by Crippen LogP contribution is 1.95. The lowest BCUT2D eigenvalue weighted by Gasteiger charge is -1.97. The first-order valence-corrected chi connectivity index (χ1v) is 5.57. The first kappa shape index (κ1) is 9.60. The third kappa shape index (κ3) is 6.49. The second-order valence-corrected chi connectivity index (χ2v) is 4.71. The average Bonchev–Trinajstić information content (AvgIpc) is 1.85. The minimum atomic E-state index is 0.321. The van der Waals surface area contributed by atoms with E-state index in [4.69, 9.17) is 16.7 Å². The quantitative estimate of drug-likeness (QED) is 0.478. The molecule has 0 spiro atoms. The summed E-state index contributed by atoms with van der Waals surface area (Å²) >= 11 is 5.49. The Morgan fingerprint density at radius 1 is 1.44 bits per heavy atom. The maximum Gasteiger partial charge on any atom is 0.130 e. The highest BCUT2D eigenvalue weighted by Gasteiger charge is 2.07. The Morgan fingerprint density at radius 3 is 2.56 bits per heavy atom. The molecule has 0 amide bonds. The Kier molecular flexibility index (Phi) is 7.16. The molecule has 0 fully saturated rings. The summed E-state index contributed by atoms with van der Waals surface area (Å²) in [5, 5.41) is 8.51. The van der Waals surface area contributed by atoms with Crippen molar-refractivity contribution in [3.8, 4) is 0 Å². The summed E-state index contributed by atoms with van der Waals surface area (Å²) in [4.78, 5) is 0. The third-order valence-corrected chi connectivity index (χ3v) is 3.20. The van der Waals surface area contributed by atoms with Crippen LogP contribution in [0.15, 0.2) is 0 Å². The van der Waals surface area contributed by atoms with Crippen molar-refractivity contribution < 1.29 is 5.11 Å². The van der Waals surface area contributed by atoms with Gasteiger partial charge >= 0.3 is 0 Å². The highest BCUT2D eigenvalue weighted by molar-refractivity contribution is 7.96. The number of rotatable bonds is 5. The van der Waals surface area contributed by atoms with E-state index in [1.165, 1.54) is 5.75 Å². The van der Waals surface area contributed by atoms with Gasteiger partial charge in [0.15, 0.2) is 0 Å². The molecular formula is C6H14ClOS+. The first-order chi connectivity index (χ1) is 4.31. The van der Waals surface area contributed by atoms with E-state index in [0.29, 0.717) is 17.5 Å². The van der Waals surface area contributed by atoms with Crippen LogP contribution in [0.1, 0.15) is 6.42 Å². The van der Waals surface area contributed by atoms with Gasteiger partial charge in [-0.2, -0.15) is 0 Å². The fourth-order valence-corrected chi connectivity index (χ4v) is 2.00. The summed E-state index contributed by atoms with van der Waals surface area (Å²) in [6.45, 7) is 0.321. The topological polar surface area (TPSA) is 20.2 Å². The maximum absolute atomic E-state index is 8.51. The second-order valence-electron chi connectivity index (χ2n) is 1.96. The fraction of sp³-hybridized carbons (Fsp3) is 1.00. The van der Waals surface area contributed by atoms with Crippen molar-refractivity contribution in [2.75, 3.05) is 30.2 Å². The van der Waals surface area contributed by atoms with E-state index >= 15 is 0 Å². The lowest BCUT2D eigenvalue weighted by Crippen LogP contribution is -2.12. The molecule has 0 aromatic heterocycles. The van der Waals surface area contributed by atoms with Crippen molar-refractivity contribution >= 4 is 22.5 Å². The first-order valence-electron chi connectivity index (χ1n) is 3.07. The normalized spacial score (nSPS) is 13.7. The Balaban J connectivity index is 2.95. The predicted octanol–water partition coefficient (Wildman–Crippen LogP) is 0.856. The van der Waals surface area contributed by atoms with Crippen LogP contribution in [-0.2, 0) is 10.9 Å². The summed E-state index contributed by atoms with van der Waals surface area (Å²) in [5.74, 6) is 2.86. The van der Waals surface area contributed by atoms with Crippen LogP contribution < -0.4 is 0 Å². The Morgan fingerprint density at radius 2 is 2.11 bits per heavy atom. The fourth-order valence-electron chi connectivity index (χ4n) is 0.559. The van der Waals surface area contributed by atoms with Crippen molar-refractivity contribution in [3.05, 3.63) is 0 Å². The molecular weight excluding hydrogens is 156 g/mol. The number of alkyl halides is 1. The summed E-state index contributed by atoms with van der Waals surface area (Å²) in [6, 6.07) is 0. The van der Waals surface area contributed by atoms with Crippen LogP contribution in [0.4, 0.5) is 0 Å². The lowest BCUT2D eigenvalue weighted by atomic mass is 10.6. The zero-order valence-corrected chi connectivity index (χ0v) is 7.34. The van der Waals surface area contributed by atoms with E-state index in [-0.39, 0.29) is 0 Å². The summed E-state index contributed by atoms with van der Waals surface area (Å²) in [6.07, 6.45) is 3.25. The van der Waals surface area contributed by atoms with Crippen LogP contribution in [0.25, 0.3) is 0 Å². The molecule has 9 heavy (non-hydrogen) atoms. The molecule has 0 aromatic rings. The Labute approximate surface area is 64.8 Å². The monoisotopic (exact) mass is 169 g/mol. The Hall–Kier alpha value is 0.600. The molecule has 1 N–H and O–H groups in total. The van der Waals surface area contributed by atoms with Crippen LogP contribution >= 0.6 is 11.6 Å². The minimum Gasteiger partial charge on any atom is -0.391 e. The minimum absolute atomic E-state index is 0.321. The number of aliphatic hydroxyl groups excluding tert-OH is 1. The molecule has 0 heterocycles. The molecule has 1 nitrogen and oxygen atoms in total. The van der Waals surface area contributed by atoms with E-state index in [9.17, 15) is 0 Å². The Bertz CT molecular complexity index is 61.0. The van der Waals surface area contributed by atoms with Crippen molar-refractivity contribution in [3.63, 3.8) is 0 Å². The van der Waals surface area contributed by atoms with Gasteiger partial charge in [-0.05, 0) is 10.9 Å². The smallest absolute Gasteiger partial charge is 0.130 e. The molecule has 0 aliphatic carbocycles. The molecule has 0 aliphatic heterocycles. The summed E-state index contributed by atoms with van der Waals surface area (Å²) in [7, 11) is 0.396. The van der Waals surface area contributed by atoms with Crippen LogP contribution in [0.2, 0.25) is 0 Å². The van der Waals surface area contributed by atoms with Crippen LogP contribution in [0.5, 0.6) is 0 Å². The van der Waals surface area contributed by atoms with Crippen molar-refractivity contribution in [1.29, 1.82) is 0 Å². The van der Waals surface area contributed by atoms with Crippen LogP contribution in [-0.4, -0.2) is 35.4 Å². The van der Waals surface area contributed by atoms with Gasteiger partial charge in [-0.3, -0.25) is 0 Å². The molecule has 3 heteroatoms. The maximum atomic E-state index is 8.51.